The Labute approximate surface area is 104 Å². The zero-order valence-corrected chi connectivity index (χ0v) is 10.0. The first-order valence-electron chi connectivity index (χ1n) is 5.71. The molecule has 96 valence electrons. The Morgan fingerprint density at radius 1 is 1.39 bits per heavy atom. The molecule has 2 N–H and O–H groups in total. The standard InChI is InChI=1S/C12H14N2O4/c1-12(5-13)6-14(11(15)18-12)8-2-3-9-10(4-8)17-7-16-9/h2-4H,5-7,13H2,1H3. The summed E-state index contributed by atoms with van der Waals surface area (Å²) in [6.07, 6.45) is -0.387. The van der Waals surface area contributed by atoms with E-state index in [0.717, 1.165) is 5.69 Å². The molecule has 1 fully saturated rings. The van der Waals surface area contributed by atoms with Crippen LogP contribution in [0.3, 0.4) is 0 Å². The van der Waals surface area contributed by atoms with E-state index >= 15 is 0 Å². The molecule has 2 heterocycles. The molecule has 1 atom stereocenters. The monoisotopic (exact) mass is 250 g/mol. The van der Waals surface area contributed by atoms with E-state index < -0.39 is 5.60 Å². The summed E-state index contributed by atoms with van der Waals surface area (Å²) in [7, 11) is 0. The molecule has 1 aromatic rings. The number of nitrogens with zero attached hydrogens (tertiary/aromatic N) is 1. The van der Waals surface area contributed by atoms with Gasteiger partial charge in [-0.3, -0.25) is 4.90 Å². The van der Waals surface area contributed by atoms with Crippen molar-refractivity contribution in [1.82, 2.24) is 0 Å². The van der Waals surface area contributed by atoms with Gasteiger partial charge in [0.05, 0.1) is 12.2 Å². The van der Waals surface area contributed by atoms with Gasteiger partial charge in [0.25, 0.3) is 0 Å². The van der Waals surface area contributed by atoms with Gasteiger partial charge >= 0.3 is 6.09 Å². The summed E-state index contributed by atoms with van der Waals surface area (Å²) in [5.74, 6) is 1.33. The first kappa shape index (κ1) is 11.2. The van der Waals surface area contributed by atoms with E-state index in [-0.39, 0.29) is 12.9 Å². The lowest BCUT2D eigenvalue weighted by molar-refractivity contribution is 0.0789. The number of fused-ring (bicyclic) bond motifs is 1. The van der Waals surface area contributed by atoms with Crippen molar-refractivity contribution >= 4 is 11.8 Å². The van der Waals surface area contributed by atoms with Crippen molar-refractivity contribution in [3.63, 3.8) is 0 Å². The summed E-state index contributed by atoms with van der Waals surface area (Å²) in [5, 5.41) is 0. The highest BCUT2D eigenvalue weighted by Crippen LogP contribution is 2.37. The van der Waals surface area contributed by atoms with Gasteiger partial charge in [-0.25, -0.2) is 4.79 Å². The number of rotatable bonds is 2. The number of carbonyl (C=O) groups is 1. The summed E-state index contributed by atoms with van der Waals surface area (Å²) in [4.78, 5) is 13.4. The summed E-state index contributed by atoms with van der Waals surface area (Å²) in [5.41, 5.74) is 5.70. The summed E-state index contributed by atoms with van der Waals surface area (Å²) >= 11 is 0. The van der Waals surface area contributed by atoms with E-state index in [1.807, 2.05) is 6.92 Å². The van der Waals surface area contributed by atoms with E-state index in [9.17, 15) is 4.79 Å². The number of carbonyl (C=O) groups excluding carboxylic acids is 1. The van der Waals surface area contributed by atoms with E-state index in [1.54, 1.807) is 23.1 Å². The Hall–Kier alpha value is -1.95. The fourth-order valence-corrected chi connectivity index (χ4v) is 2.05. The van der Waals surface area contributed by atoms with E-state index in [1.165, 1.54) is 0 Å². The lowest BCUT2D eigenvalue weighted by Crippen LogP contribution is -2.38. The number of hydrogen-bond donors (Lipinski definition) is 1. The van der Waals surface area contributed by atoms with Crippen LogP contribution < -0.4 is 20.1 Å². The van der Waals surface area contributed by atoms with Gasteiger partial charge in [0.2, 0.25) is 6.79 Å². The average Bonchev–Trinajstić information content (AvgIpc) is 2.93. The average molecular weight is 250 g/mol. The minimum atomic E-state index is -0.631. The third-order valence-electron chi connectivity index (χ3n) is 3.15. The summed E-state index contributed by atoms with van der Waals surface area (Å²) in [6, 6.07) is 5.35. The van der Waals surface area contributed by atoms with Gasteiger partial charge < -0.3 is 19.9 Å². The van der Waals surface area contributed by atoms with Crippen LogP contribution in [0.5, 0.6) is 11.5 Å². The molecule has 1 unspecified atom stereocenters. The lowest BCUT2D eigenvalue weighted by Gasteiger charge is -2.19. The smallest absolute Gasteiger partial charge is 0.415 e. The largest absolute Gasteiger partial charge is 0.454 e. The Morgan fingerprint density at radius 2 is 2.17 bits per heavy atom. The highest BCUT2D eigenvalue weighted by molar-refractivity contribution is 5.90. The molecule has 18 heavy (non-hydrogen) atoms. The van der Waals surface area contributed by atoms with Crippen molar-refractivity contribution in [2.45, 2.75) is 12.5 Å². The summed E-state index contributed by atoms with van der Waals surface area (Å²) in [6.45, 7) is 2.75. The van der Waals surface area contributed by atoms with Crippen molar-refractivity contribution in [3.8, 4) is 11.5 Å². The SMILES string of the molecule is CC1(CN)CN(c2ccc3c(c2)OCO3)C(=O)O1. The number of cyclic esters (lactones) is 1. The second kappa shape index (κ2) is 3.78. The molecule has 1 aromatic carbocycles. The van der Waals surface area contributed by atoms with E-state index in [2.05, 4.69) is 0 Å². The first-order valence-corrected chi connectivity index (χ1v) is 5.71. The first-order chi connectivity index (χ1) is 8.61. The number of amides is 1. The molecule has 0 aromatic heterocycles. The van der Waals surface area contributed by atoms with Crippen LogP contribution in [0.2, 0.25) is 0 Å². The Morgan fingerprint density at radius 3 is 2.89 bits per heavy atom. The highest BCUT2D eigenvalue weighted by Gasteiger charge is 2.41. The lowest BCUT2D eigenvalue weighted by atomic mass is 10.1. The Balaban J connectivity index is 1.89. The van der Waals surface area contributed by atoms with Gasteiger partial charge in [0, 0.05) is 12.6 Å². The van der Waals surface area contributed by atoms with Gasteiger partial charge in [-0.15, -0.1) is 0 Å². The molecule has 0 bridgehead atoms. The number of benzene rings is 1. The molecule has 0 saturated carbocycles. The van der Waals surface area contributed by atoms with E-state index in [0.29, 0.717) is 24.6 Å². The predicted octanol–water partition coefficient (Wildman–Crippen LogP) is 1.09. The molecule has 6 heteroatoms. The van der Waals surface area contributed by atoms with Gasteiger partial charge in [-0.2, -0.15) is 0 Å². The number of hydrogen-bond acceptors (Lipinski definition) is 5. The van der Waals surface area contributed by atoms with Crippen LogP contribution in [0.15, 0.2) is 18.2 Å². The van der Waals surface area contributed by atoms with Crippen LogP contribution in [-0.4, -0.2) is 31.6 Å². The third kappa shape index (κ3) is 1.65. The Bertz CT molecular complexity index is 505. The molecular weight excluding hydrogens is 236 g/mol. The maximum Gasteiger partial charge on any atom is 0.415 e. The highest BCUT2D eigenvalue weighted by atomic mass is 16.7. The topological polar surface area (TPSA) is 74.0 Å². The normalized spacial score (nSPS) is 25.4. The van der Waals surface area contributed by atoms with Crippen molar-refractivity contribution in [2.24, 2.45) is 5.73 Å². The Kier molecular flexibility index (Phi) is 2.34. The van der Waals surface area contributed by atoms with Crippen molar-refractivity contribution < 1.29 is 19.0 Å². The van der Waals surface area contributed by atoms with Crippen LogP contribution in [0, 0.1) is 0 Å². The quantitative estimate of drug-likeness (QED) is 0.850. The fraction of sp³-hybridized carbons (Fsp3) is 0.417. The van der Waals surface area contributed by atoms with Crippen LogP contribution in [0.1, 0.15) is 6.92 Å². The van der Waals surface area contributed by atoms with Gasteiger partial charge in [0.15, 0.2) is 11.5 Å². The molecule has 2 aliphatic heterocycles. The van der Waals surface area contributed by atoms with Gasteiger partial charge in [0.1, 0.15) is 5.60 Å². The van der Waals surface area contributed by atoms with Gasteiger partial charge in [-0.1, -0.05) is 0 Å². The molecule has 0 aliphatic carbocycles. The molecule has 6 nitrogen and oxygen atoms in total. The zero-order valence-electron chi connectivity index (χ0n) is 10.0. The van der Waals surface area contributed by atoms with Crippen LogP contribution in [-0.2, 0) is 4.74 Å². The number of nitrogens with two attached hydrogens (primary N) is 1. The third-order valence-corrected chi connectivity index (χ3v) is 3.15. The molecule has 2 aliphatic rings. The number of anilines is 1. The fourth-order valence-electron chi connectivity index (χ4n) is 2.05. The molecule has 1 amide bonds. The molecular formula is C12H14N2O4. The van der Waals surface area contributed by atoms with Gasteiger partial charge in [-0.05, 0) is 19.1 Å². The predicted molar refractivity (Wildman–Crippen MR) is 63.9 cm³/mol. The molecule has 1 saturated heterocycles. The summed E-state index contributed by atoms with van der Waals surface area (Å²) < 4.78 is 15.8. The van der Waals surface area contributed by atoms with Crippen LogP contribution in [0.25, 0.3) is 0 Å². The minimum Gasteiger partial charge on any atom is -0.454 e. The second-order valence-corrected chi connectivity index (χ2v) is 4.65. The number of ether oxygens (including phenoxy) is 3. The molecule has 3 rings (SSSR count). The second-order valence-electron chi connectivity index (χ2n) is 4.65. The van der Waals surface area contributed by atoms with Crippen molar-refractivity contribution in [1.29, 1.82) is 0 Å². The van der Waals surface area contributed by atoms with E-state index in [4.69, 9.17) is 19.9 Å². The van der Waals surface area contributed by atoms with Crippen molar-refractivity contribution in [2.75, 3.05) is 24.8 Å². The minimum absolute atomic E-state index is 0.212. The maximum absolute atomic E-state index is 11.8. The van der Waals surface area contributed by atoms with Crippen LogP contribution in [0.4, 0.5) is 10.5 Å². The zero-order chi connectivity index (χ0) is 12.8. The molecule has 0 radical (unpaired) electrons. The maximum atomic E-state index is 11.8. The van der Waals surface area contributed by atoms with Crippen LogP contribution >= 0.6 is 0 Å². The molecule has 0 spiro atoms. The van der Waals surface area contributed by atoms with Crippen molar-refractivity contribution in [3.05, 3.63) is 18.2 Å².